The van der Waals surface area contributed by atoms with E-state index in [9.17, 15) is 9.59 Å². The molecule has 1 fully saturated rings. The molecule has 1 aliphatic heterocycles. The van der Waals surface area contributed by atoms with Crippen LogP contribution in [0.25, 0.3) is 10.3 Å². The van der Waals surface area contributed by atoms with Crippen LogP contribution in [-0.4, -0.2) is 52.9 Å². The molecule has 0 bridgehead atoms. The topological polar surface area (TPSA) is 78.4 Å². The predicted octanol–water partition coefficient (Wildman–Crippen LogP) is 3.48. The van der Waals surface area contributed by atoms with Gasteiger partial charge >= 0.3 is 0 Å². The van der Waals surface area contributed by atoms with Crippen molar-refractivity contribution in [1.82, 2.24) is 20.2 Å². The number of hydrogen-bond acceptors (Lipinski definition) is 6. The first kappa shape index (κ1) is 21.5. The Balaban J connectivity index is 1.24. The Morgan fingerprint density at radius 3 is 2.77 bits per heavy atom. The van der Waals surface area contributed by atoms with Crippen molar-refractivity contribution in [3.63, 3.8) is 0 Å². The van der Waals surface area contributed by atoms with E-state index in [0.717, 1.165) is 40.6 Å². The van der Waals surface area contributed by atoms with Gasteiger partial charge in [-0.05, 0) is 30.2 Å². The molecule has 2 aromatic heterocycles. The average molecular weight is 458 g/mol. The molecule has 0 saturated carbocycles. The van der Waals surface area contributed by atoms with Crippen LogP contribution in [0.1, 0.15) is 24.8 Å². The van der Waals surface area contributed by atoms with Crippen molar-refractivity contribution in [2.75, 3.05) is 31.1 Å². The molecule has 1 saturated heterocycles. The van der Waals surface area contributed by atoms with E-state index in [2.05, 4.69) is 20.2 Å². The summed E-state index contributed by atoms with van der Waals surface area (Å²) in [5.74, 6) is -0.132. The zero-order chi connectivity index (χ0) is 21.6. The lowest BCUT2D eigenvalue weighted by Gasteiger charge is -2.21. The number of anilines is 1. The lowest BCUT2D eigenvalue weighted by molar-refractivity contribution is -0.133. The van der Waals surface area contributed by atoms with Crippen LogP contribution in [0.2, 0.25) is 5.02 Å². The second kappa shape index (κ2) is 10.1. The van der Waals surface area contributed by atoms with Crippen LogP contribution in [0.15, 0.2) is 42.6 Å². The highest BCUT2D eigenvalue weighted by Gasteiger charge is 2.21. The molecule has 0 unspecified atom stereocenters. The summed E-state index contributed by atoms with van der Waals surface area (Å²) in [7, 11) is 0. The molecular formula is C22H24ClN5O2S. The smallest absolute Gasteiger partial charge is 0.223 e. The molecule has 4 rings (SSSR count). The molecule has 9 heteroatoms. The maximum atomic E-state index is 12.7. The number of amides is 2. The van der Waals surface area contributed by atoms with Gasteiger partial charge in [-0.1, -0.05) is 41.1 Å². The molecule has 0 radical (unpaired) electrons. The van der Waals surface area contributed by atoms with Crippen molar-refractivity contribution < 1.29 is 9.59 Å². The number of hydrogen-bond donors (Lipinski definition) is 1. The summed E-state index contributed by atoms with van der Waals surface area (Å²) in [5.41, 5.74) is 1.77. The maximum absolute atomic E-state index is 12.7. The number of halogens is 1. The van der Waals surface area contributed by atoms with E-state index >= 15 is 0 Å². The number of carbonyl (C=O) groups is 2. The number of pyridine rings is 1. The number of rotatable bonds is 6. The molecular weight excluding hydrogens is 434 g/mol. The fourth-order valence-corrected chi connectivity index (χ4v) is 4.72. The summed E-state index contributed by atoms with van der Waals surface area (Å²) in [4.78, 5) is 38.8. The normalized spacial score (nSPS) is 14.5. The zero-order valence-corrected chi connectivity index (χ0v) is 18.7. The number of carbonyl (C=O) groups excluding carboxylic acids is 2. The number of thiazole rings is 1. The zero-order valence-electron chi connectivity index (χ0n) is 17.1. The van der Waals surface area contributed by atoms with Gasteiger partial charge in [-0.3, -0.25) is 9.59 Å². The highest BCUT2D eigenvalue weighted by molar-refractivity contribution is 7.21. The molecule has 162 valence electrons. The number of benzene rings is 1. The van der Waals surface area contributed by atoms with E-state index < -0.39 is 0 Å². The van der Waals surface area contributed by atoms with Gasteiger partial charge in [0.15, 0.2) is 5.13 Å². The first-order chi connectivity index (χ1) is 15.1. The largest absolute Gasteiger partial charge is 0.352 e. The quantitative estimate of drug-likeness (QED) is 0.613. The van der Waals surface area contributed by atoms with Crippen LogP contribution >= 0.6 is 22.9 Å². The van der Waals surface area contributed by atoms with E-state index in [1.54, 1.807) is 23.6 Å². The maximum Gasteiger partial charge on any atom is 0.223 e. The van der Waals surface area contributed by atoms with Gasteiger partial charge in [0.2, 0.25) is 11.8 Å². The molecule has 0 aliphatic carbocycles. The molecule has 7 nitrogen and oxygen atoms in total. The minimum atomic E-state index is -0.147. The van der Waals surface area contributed by atoms with Gasteiger partial charge in [0.05, 0.1) is 0 Å². The minimum absolute atomic E-state index is 0.0145. The monoisotopic (exact) mass is 457 g/mol. The molecule has 0 atom stereocenters. The van der Waals surface area contributed by atoms with Gasteiger partial charge < -0.3 is 15.1 Å². The van der Waals surface area contributed by atoms with Crippen molar-refractivity contribution in [3.8, 4) is 0 Å². The minimum Gasteiger partial charge on any atom is -0.352 e. The Labute approximate surface area is 190 Å². The van der Waals surface area contributed by atoms with Crippen LogP contribution in [0, 0.1) is 0 Å². The first-order valence-corrected chi connectivity index (χ1v) is 11.5. The van der Waals surface area contributed by atoms with Gasteiger partial charge in [-0.2, -0.15) is 0 Å². The van der Waals surface area contributed by atoms with Crippen LogP contribution < -0.4 is 10.2 Å². The number of aromatic nitrogens is 2. The van der Waals surface area contributed by atoms with Crippen molar-refractivity contribution >= 4 is 50.2 Å². The summed E-state index contributed by atoms with van der Waals surface area (Å²) in [6, 6.07) is 11.2. The van der Waals surface area contributed by atoms with Gasteiger partial charge in [-0.25, -0.2) is 9.97 Å². The fourth-order valence-electron chi connectivity index (χ4n) is 3.55. The summed E-state index contributed by atoms with van der Waals surface area (Å²) in [6.07, 6.45) is 3.03. The number of nitrogens with zero attached hydrogens (tertiary/aromatic N) is 4. The summed E-state index contributed by atoms with van der Waals surface area (Å²) in [5, 5.41) is 4.40. The van der Waals surface area contributed by atoms with E-state index in [1.807, 2.05) is 35.2 Å². The van der Waals surface area contributed by atoms with Gasteiger partial charge in [0.25, 0.3) is 0 Å². The molecule has 31 heavy (non-hydrogen) atoms. The van der Waals surface area contributed by atoms with Gasteiger partial charge in [0.1, 0.15) is 10.3 Å². The van der Waals surface area contributed by atoms with E-state index in [0.29, 0.717) is 24.7 Å². The van der Waals surface area contributed by atoms with Crippen molar-refractivity contribution in [1.29, 1.82) is 0 Å². The highest BCUT2D eigenvalue weighted by Crippen LogP contribution is 2.27. The van der Waals surface area contributed by atoms with Gasteiger partial charge in [0, 0.05) is 56.8 Å². The standard InChI is InChI=1S/C22H24ClN5O2S/c23-17-6-2-1-5-16(17)15-25-19(29)8-9-20(30)27-11-4-12-28(14-13-27)22-26-18-7-3-10-24-21(18)31-22/h1-3,5-7,10H,4,8-9,11-15H2,(H,25,29). The number of fused-ring (bicyclic) bond motifs is 1. The Morgan fingerprint density at radius 1 is 1.06 bits per heavy atom. The van der Waals surface area contributed by atoms with Crippen molar-refractivity contribution in [3.05, 3.63) is 53.2 Å². The van der Waals surface area contributed by atoms with E-state index in [1.165, 1.54) is 0 Å². The molecule has 2 amide bonds. The summed E-state index contributed by atoms with van der Waals surface area (Å²) in [6.45, 7) is 3.26. The highest BCUT2D eigenvalue weighted by atomic mass is 35.5. The Hall–Kier alpha value is -2.71. The Bertz CT molecular complexity index is 1040. The first-order valence-electron chi connectivity index (χ1n) is 10.3. The predicted molar refractivity (Wildman–Crippen MR) is 123 cm³/mol. The number of nitrogens with one attached hydrogen (secondary N) is 1. The molecule has 1 N–H and O–H groups in total. The third-order valence-electron chi connectivity index (χ3n) is 5.27. The molecule has 0 spiro atoms. The van der Waals surface area contributed by atoms with E-state index in [4.69, 9.17) is 11.6 Å². The second-order valence-electron chi connectivity index (χ2n) is 7.41. The second-order valence-corrected chi connectivity index (χ2v) is 8.78. The SMILES string of the molecule is O=C(CCC(=O)N1CCCN(c2nc3cccnc3s2)CC1)NCc1ccccc1Cl. The lowest BCUT2D eigenvalue weighted by atomic mass is 10.2. The van der Waals surface area contributed by atoms with Crippen molar-refractivity contribution in [2.24, 2.45) is 0 Å². The third kappa shape index (κ3) is 5.51. The van der Waals surface area contributed by atoms with Crippen LogP contribution in [0.3, 0.4) is 0 Å². The van der Waals surface area contributed by atoms with Gasteiger partial charge in [-0.15, -0.1) is 0 Å². The third-order valence-corrected chi connectivity index (χ3v) is 6.68. The van der Waals surface area contributed by atoms with E-state index in [-0.39, 0.29) is 24.7 Å². The Morgan fingerprint density at radius 2 is 1.94 bits per heavy atom. The van der Waals surface area contributed by atoms with Crippen LogP contribution in [0.5, 0.6) is 0 Å². The molecule has 1 aromatic carbocycles. The Kier molecular flexibility index (Phi) is 6.99. The molecule has 1 aliphatic rings. The molecule has 3 heterocycles. The summed E-state index contributed by atoms with van der Waals surface area (Å²) < 4.78 is 0. The molecule has 3 aromatic rings. The van der Waals surface area contributed by atoms with Crippen molar-refractivity contribution in [2.45, 2.75) is 25.8 Å². The van der Waals surface area contributed by atoms with Crippen LogP contribution in [0.4, 0.5) is 5.13 Å². The van der Waals surface area contributed by atoms with Crippen LogP contribution in [-0.2, 0) is 16.1 Å². The fraction of sp³-hybridized carbons (Fsp3) is 0.364. The lowest BCUT2D eigenvalue weighted by Crippen LogP contribution is -2.36. The average Bonchev–Trinajstić information content (AvgIpc) is 3.06. The summed E-state index contributed by atoms with van der Waals surface area (Å²) >= 11 is 7.69.